The van der Waals surface area contributed by atoms with Gasteiger partial charge in [-0.2, -0.15) is 0 Å². The number of ether oxygens (including phenoxy) is 1. The number of carbonyl (C=O) groups excluding carboxylic acids is 1. The molecule has 0 saturated heterocycles. The molecule has 27 heavy (non-hydrogen) atoms. The van der Waals surface area contributed by atoms with E-state index in [1.54, 1.807) is 6.20 Å². The van der Waals surface area contributed by atoms with Crippen LogP contribution in [-0.4, -0.2) is 15.4 Å². The van der Waals surface area contributed by atoms with Gasteiger partial charge in [-0.15, -0.1) is 11.3 Å². The molecule has 1 aliphatic carbocycles. The van der Waals surface area contributed by atoms with Crippen LogP contribution in [0.15, 0.2) is 35.3 Å². The fraction of sp³-hybridized carbons (Fsp3) is 0.381. The second kappa shape index (κ2) is 7.27. The van der Waals surface area contributed by atoms with Crippen molar-refractivity contribution in [2.24, 2.45) is 5.92 Å². The summed E-state index contributed by atoms with van der Waals surface area (Å²) in [6.45, 7) is 4.12. The van der Waals surface area contributed by atoms with Crippen molar-refractivity contribution in [3.05, 3.63) is 67.4 Å². The Labute approximate surface area is 161 Å². The molecular formula is C21H22N2O3S. The molecule has 0 aliphatic heterocycles. The molecule has 0 radical (unpaired) electrons. The van der Waals surface area contributed by atoms with Crippen LogP contribution in [0.1, 0.15) is 51.1 Å². The molecule has 6 heteroatoms. The highest BCUT2D eigenvalue weighted by molar-refractivity contribution is 7.14. The molecule has 0 spiro atoms. The van der Waals surface area contributed by atoms with E-state index in [2.05, 4.69) is 11.9 Å². The molecular weight excluding hydrogens is 360 g/mol. The highest BCUT2D eigenvalue weighted by atomic mass is 32.1. The predicted molar refractivity (Wildman–Crippen MR) is 105 cm³/mol. The number of rotatable bonds is 4. The van der Waals surface area contributed by atoms with E-state index in [1.807, 2.05) is 25.1 Å². The molecule has 4 rings (SSSR count). The lowest BCUT2D eigenvalue weighted by molar-refractivity contribution is 0.0473. The van der Waals surface area contributed by atoms with Crippen LogP contribution in [0.3, 0.4) is 0 Å². The topological polar surface area (TPSA) is 60.7 Å². The third-order valence-electron chi connectivity index (χ3n) is 5.25. The van der Waals surface area contributed by atoms with Gasteiger partial charge in [0.05, 0.1) is 5.69 Å². The van der Waals surface area contributed by atoms with E-state index in [4.69, 9.17) is 4.74 Å². The van der Waals surface area contributed by atoms with E-state index >= 15 is 0 Å². The predicted octanol–water partition coefficient (Wildman–Crippen LogP) is 3.94. The minimum Gasteiger partial charge on any atom is -0.455 e. The van der Waals surface area contributed by atoms with Crippen LogP contribution in [0.25, 0.3) is 5.65 Å². The van der Waals surface area contributed by atoms with Crippen LogP contribution >= 0.6 is 11.3 Å². The number of hydrogen-bond acceptors (Lipinski definition) is 5. The molecule has 0 saturated carbocycles. The minimum absolute atomic E-state index is 0.000933. The number of thiophene rings is 1. The number of nitrogens with zero attached hydrogens (tertiary/aromatic N) is 2. The standard InChI is InChI=1S/C21H22N2O3S/c1-3-14-6-7-17-15(9-14)10-18(27-17)21(25)26-12-16-11-19(24)23-8-4-5-13(2)20(23)22-16/h4-5,8,10-11,14H,3,6-7,9,12H2,1-2H3/t14-/m1/s1. The van der Waals surface area contributed by atoms with Gasteiger partial charge in [0.25, 0.3) is 5.56 Å². The van der Waals surface area contributed by atoms with E-state index in [-0.39, 0.29) is 18.1 Å². The smallest absolute Gasteiger partial charge is 0.348 e. The monoisotopic (exact) mass is 382 g/mol. The average Bonchev–Trinajstić information content (AvgIpc) is 3.10. The molecule has 1 atom stereocenters. The van der Waals surface area contributed by atoms with Gasteiger partial charge >= 0.3 is 5.97 Å². The van der Waals surface area contributed by atoms with Crippen molar-refractivity contribution < 1.29 is 9.53 Å². The molecule has 0 N–H and O–H groups in total. The van der Waals surface area contributed by atoms with Gasteiger partial charge in [0.15, 0.2) is 0 Å². The van der Waals surface area contributed by atoms with Crippen molar-refractivity contribution in [3.8, 4) is 0 Å². The van der Waals surface area contributed by atoms with Crippen LogP contribution < -0.4 is 5.56 Å². The lowest BCUT2D eigenvalue weighted by Gasteiger charge is -2.19. The molecule has 3 aromatic rings. The highest BCUT2D eigenvalue weighted by Gasteiger charge is 2.22. The number of esters is 1. The van der Waals surface area contributed by atoms with E-state index < -0.39 is 0 Å². The van der Waals surface area contributed by atoms with Gasteiger partial charge in [-0.1, -0.05) is 19.4 Å². The second-order valence-electron chi connectivity index (χ2n) is 7.12. The van der Waals surface area contributed by atoms with Gasteiger partial charge in [-0.3, -0.25) is 9.20 Å². The third kappa shape index (κ3) is 3.54. The number of carbonyl (C=O) groups is 1. The summed E-state index contributed by atoms with van der Waals surface area (Å²) in [5.74, 6) is 0.378. The van der Waals surface area contributed by atoms with Crippen molar-refractivity contribution >= 4 is 23.0 Å². The van der Waals surface area contributed by atoms with Gasteiger partial charge in [-0.05, 0) is 55.4 Å². The number of pyridine rings is 1. The lowest BCUT2D eigenvalue weighted by atomic mass is 9.87. The summed E-state index contributed by atoms with van der Waals surface area (Å²) < 4.78 is 6.95. The SMILES string of the molecule is CC[C@@H]1CCc2sc(C(=O)OCc3cc(=O)n4cccc(C)c4n3)cc2C1. The molecule has 0 unspecified atom stereocenters. The fourth-order valence-electron chi connectivity index (χ4n) is 3.64. The van der Waals surface area contributed by atoms with Crippen LogP contribution in [0.4, 0.5) is 0 Å². The van der Waals surface area contributed by atoms with Gasteiger partial charge in [0, 0.05) is 17.1 Å². The van der Waals surface area contributed by atoms with Crippen LogP contribution in [0, 0.1) is 12.8 Å². The van der Waals surface area contributed by atoms with Crippen molar-refractivity contribution in [1.82, 2.24) is 9.38 Å². The maximum atomic E-state index is 12.5. The molecule has 0 aromatic carbocycles. The molecule has 5 nitrogen and oxygen atoms in total. The van der Waals surface area contributed by atoms with Gasteiger partial charge < -0.3 is 4.74 Å². The highest BCUT2D eigenvalue weighted by Crippen LogP contribution is 2.33. The number of aromatic nitrogens is 2. The average molecular weight is 382 g/mol. The Morgan fingerprint density at radius 2 is 2.26 bits per heavy atom. The lowest BCUT2D eigenvalue weighted by Crippen LogP contribution is -2.17. The first-order valence-corrected chi connectivity index (χ1v) is 10.1. The van der Waals surface area contributed by atoms with Crippen LogP contribution in [-0.2, 0) is 24.2 Å². The zero-order valence-corrected chi connectivity index (χ0v) is 16.3. The summed E-state index contributed by atoms with van der Waals surface area (Å²) in [7, 11) is 0. The molecule has 0 bridgehead atoms. The van der Waals surface area contributed by atoms with E-state index in [9.17, 15) is 9.59 Å². The van der Waals surface area contributed by atoms with E-state index in [0.717, 1.165) is 18.4 Å². The molecule has 140 valence electrons. The summed E-state index contributed by atoms with van der Waals surface area (Å²) in [5.41, 5.74) is 3.08. The Morgan fingerprint density at radius 1 is 1.41 bits per heavy atom. The number of aryl methyl sites for hydroxylation is 2. The van der Waals surface area contributed by atoms with Crippen molar-refractivity contribution in [2.75, 3.05) is 0 Å². The summed E-state index contributed by atoms with van der Waals surface area (Å²) in [4.78, 5) is 31.2. The molecule has 3 aromatic heterocycles. The second-order valence-corrected chi connectivity index (χ2v) is 8.26. The van der Waals surface area contributed by atoms with E-state index in [0.29, 0.717) is 22.1 Å². The summed E-state index contributed by atoms with van der Waals surface area (Å²) in [6.07, 6.45) is 6.17. The van der Waals surface area contributed by atoms with Crippen LogP contribution in [0.5, 0.6) is 0 Å². The number of hydrogen-bond donors (Lipinski definition) is 0. The van der Waals surface area contributed by atoms with Crippen LogP contribution in [0.2, 0.25) is 0 Å². The molecule has 0 amide bonds. The Hall–Kier alpha value is -2.47. The summed E-state index contributed by atoms with van der Waals surface area (Å²) in [5, 5.41) is 0. The minimum atomic E-state index is -0.339. The van der Waals surface area contributed by atoms with Crippen molar-refractivity contribution in [1.29, 1.82) is 0 Å². The summed E-state index contributed by atoms with van der Waals surface area (Å²) in [6, 6.07) is 7.12. The Kier molecular flexibility index (Phi) is 4.83. The molecule has 0 fully saturated rings. The first kappa shape index (κ1) is 17.9. The van der Waals surface area contributed by atoms with Crippen molar-refractivity contribution in [3.63, 3.8) is 0 Å². The first-order valence-electron chi connectivity index (χ1n) is 9.31. The zero-order chi connectivity index (χ0) is 19.0. The zero-order valence-electron chi connectivity index (χ0n) is 15.5. The van der Waals surface area contributed by atoms with Gasteiger partial charge in [0.2, 0.25) is 0 Å². The summed E-state index contributed by atoms with van der Waals surface area (Å²) >= 11 is 1.54. The Bertz CT molecular complexity index is 1070. The molecule has 3 heterocycles. The third-order valence-corrected chi connectivity index (χ3v) is 6.47. The largest absolute Gasteiger partial charge is 0.455 e. The number of fused-ring (bicyclic) bond motifs is 2. The maximum Gasteiger partial charge on any atom is 0.348 e. The Balaban J connectivity index is 1.50. The van der Waals surface area contributed by atoms with Crippen molar-refractivity contribution in [2.45, 2.75) is 46.1 Å². The maximum absolute atomic E-state index is 12.5. The van der Waals surface area contributed by atoms with Gasteiger partial charge in [-0.25, -0.2) is 9.78 Å². The first-order chi connectivity index (χ1) is 13.0. The molecule has 1 aliphatic rings. The quantitative estimate of drug-likeness (QED) is 0.642. The van der Waals surface area contributed by atoms with E-state index in [1.165, 1.54) is 45.1 Å². The Morgan fingerprint density at radius 3 is 3.07 bits per heavy atom. The fourth-order valence-corrected chi connectivity index (χ4v) is 4.74. The normalized spacial score (nSPS) is 16.3. The van der Waals surface area contributed by atoms with Gasteiger partial charge in [0.1, 0.15) is 17.1 Å².